The van der Waals surface area contributed by atoms with Crippen LogP contribution in [0.1, 0.15) is 21.9 Å². The van der Waals surface area contributed by atoms with Crippen molar-refractivity contribution in [3.05, 3.63) is 95.6 Å². The Balaban J connectivity index is 1.94. The molecule has 0 radical (unpaired) electrons. The fourth-order valence-corrected chi connectivity index (χ4v) is 5.65. The van der Waals surface area contributed by atoms with Gasteiger partial charge in [0.15, 0.2) is 0 Å². The molecule has 0 aliphatic carbocycles. The number of sulfonamides is 1. The van der Waals surface area contributed by atoms with Crippen LogP contribution in [0.5, 0.6) is 0 Å². The highest BCUT2D eigenvalue weighted by atomic mass is 32.2. The first kappa shape index (κ1) is 21.6. The van der Waals surface area contributed by atoms with Crippen molar-refractivity contribution in [3.63, 3.8) is 0 Å². The number of hydrogen-bond donors (Lipinski definition) is 2. The SMILES string of the molecule is Cc1ccc(S(=O)(=O)N[C@H](CO)[C@@H](Sc2ccccc2C)c2ccccc2)cc1. The molecule has 0 unspecified atom stereocenters. The number of rotatable bonds is 8. The van der Waals surface area contributed by atoms with Crippen LogP contribution in [0.3, 0.4) is 0 Å². The molecule has 2 atom stereocenters. The summed E-state index contributed by atoms with van der Waals surface area (Å²) in [5.41, 5.74) is 3.04. The van der Waals surface area contributed by atoms with Gasteiger partial charge in [0.25, 0.3) is 0 Å². The molecule has 0 bridgehead atoms. The second kappa shape index (κ2) is 9.59. The molecular formula is C23H25NO3S2. The molecule has 0 aliphatic rings. The van der Waals surface area contributed by atoms with Gasteiger partial charge in [0.05, 0.1) is 22.8 Å². The Morgan fingerprint density at radius 2 is 1.52 bits per heavy atom. The first-order valence-corrected chi connectivity index (χ1v) is 11.7. The molecule has 3 rings (SSSR count). The lowest BCUT2D eigenvalue weighted by Gasteiger charge is -2.27. The third kappa shape index (κ3) is 5.48. The van der Waals surface area contributed by atoms with E-state index in [2.05, 4.69) is 4.72 Å². The number of hydrogen-bond acceptors (Lipinski definition) is 4. The van der Waals surface area contributed by atoms with E-state index in [1.807, 2.05) is 68.4 Å². The summed E-state index contributed by atoms with van der Waals surface area (Å²) in [4.78, 5) is 1.24. The van der Waals surface area contributed by atoms with Crippen molar-refractivity contribution in [1.82, 2.24) is 4.72 Å². The molecule has 0 aliphatic heterocycles. The van der Waals surface area contributed by atoms with E-state index >= 15 is 0 Å². The Morgan fingerprint density at radius 1 is 0.897 bits per heavy atom. The Morgan fingerprint density at radius 3 is 2.14 bits per heavy atom. The van der Waals surface area contributed by atoms with E-state index in [9.17, 15) is 13.5 Å². The van der Waals surface area contributed by atoms with Gasteiger partial charge in [-0.05, 0) is 43.2 Å². The van der Waals surface area contributed by atoms with Crippen LogP contribution in [-0.2, 0) is 10.0 Å². The smallest absolute Gasteiger partial charge is 0.240 e. The molecule has 0 amide bonds. The van der Waals surface area contributed by atoms with Gasteiger partial charge >= 0.3 is 0 Å². The fraction of sp³-hybridized carbons (Fsp3) is 0.217. The summed E-state index contributed by atoms with van der Waals surface area (Å²) in [5.74, 6) is 0. The average Bonchev–Trinajstić information content (AvgIpc) is 2.73. The van der Waals surface area contributed by atoms with Crippen molar-refractivity contribution >= 4 is 21.8 Å². The van der Waals surface area contributed by atoms with E-state index < -0.39 is 16.1 Å². The van der Waals surface area contributed by atoms with E-state index in [1.165, 1.54) is 0 Å². The van der Waals surface area contributed by atoms with Crippen LogP contribution in [0.2, 0.25) is 0 Å². The normalized spacial score (nSPS) is 13.8. The lowest BCUT2D eigenvalue weighted by atomic mass is 10.1. The quantitative estimate of drug-likeness (QED) is 0.520. The Labute approximate surface area is 177 Å². The lowest BCUT2D eigenvalue weighted by Crippen LogP contribution is -2.41. The zero-order valence-corrected chi connectivity index (χ0v) is 18.1. The van der Waals surface area contributed by atoms with Crippen molar-refractivity contribution < 1.29 is 13.5 Å². The van der Waals surface area contributed by atoms with Gasteiger partial charge in [-0.25, -0.2) is 13.1 Å². The maximum Gasteiger partial charge on any atom is 0.240 e. The van der Waals surface area contributed by atoms with Gasteiger partial charge in [-0.1, -0.05) is 66.2 Å². The van der Waals surface area contributed by atoms with Crippen molar-refractivity contribution in [2.75, 3.05) is 6.61 Å². The molecule has 152 valence electrons. The lowest BCUT2D eigenvalue weighted by molar-refractivity contribution is 0.254. The first-order chi connectivity index (χ1) is 13.9. The summed E-state index contributed by atoms with van der Waals surface area (Å²) >= 11 is 1.55. The second-order valence-electron chi connectivity index (χ2n) is 6.94. The predicted octanol–water partition coefficient (Wildman–Crippen LogP) is 4.48. The molecule has 0 fully saturated rings. The molecule has 0 aromatic heterocycles. The van der Waals surface area contributed by atoms with E-state index in [0.29, 0.717) is 0 Å². The maximum absolute atomic E-state index is 12.9. The molecule has 4 nitrogen and oxygen atoms in total. The first-order valence-electron chi connectivity index (χ1n) is 9.38. The number of thioether (sulfide) groups is 1. The minimum atomic E-state index is -3.77. The zero-order chi connectivity index (χ0) is 20.9. The highest BCUT2D eigenvalue weighted by Crippen LogP contribution is 2.39. The summed E-state index contributed by atoms with van der Waals surface area (Å²) in [6.07, 6.45) is 0. The Bertz CT molecular complexity index is 1040. The van der Waals surface area contributed by atoms with Crippen LogP contribution in [0.25, 0.3) is 0 Å². The molecular weight excluding hydrogens is 402 g/mol. The molecule has 3 aromatic carbocycles. The van der Waals surface area contributed by atoms with Crippen molar-refractivity contribution in [2.24, 2.45) is 0 Å². The van der Waals surface area contributed by atoms with E-state index in [0.717, 1.165) is 21.6 Å². The topological polar surface area (TPSA) is 66.4 Å². The van der Waals surface area contributed by atoms with Crippen LogP contribution >= 0.6 is 11.8 Å². The summed E-state index contributed by atoms with van der Waals surface area (Å²) in [5, 5.41) is 9.83. The molecule has 3 aromatic rings. The largest absolute Gasteiger partial charge is 0.395 e. The zero-order valence-electron chi connectivity index (χ0n) is 16.4. The van der Waals surface area contributed by atoms with Crippen LogP contribution in [-0.4, -0.2) is 26.2 Å². The molecule has 0 saturated carbocycles. The third-order valence-corrected chi connectivity index (χ3v) is 7.75. The summed E-state index contributed by atoms with van der Waals surface area (Å²) in [7, 11) is -3.77. The van der Waals surface area contributed by atoms with Gasteiger partial charge in [-0.2, -0.15) is 0 Å². The predicted molar refractivity (Wildman–Crippen MR) is 119 cm³/mol. The molecule has 29 heavy (non-hydrogen) atoms. The number of benzene rings is 3. The fourth-order valence-electron chi connectivity index (χ4n) is 3.03. The van der Waals surface area contributed by atoms with Gasteiger partial charge in [0, 0.05) is 4.90 Å². The number of aryl methyl sites for hydroxylation is 2. The minimum absolute atomic E-state index is 0.189. The van der Waals surface area contributed by atoms with E-state index in [-0.39, 0.29) is 16.8 Å². The molecule has 0 saturated heterocycles. The third-order valence-electron chi connectivity index (χ3n) is 4.68. The molecule has 0 heterocycles. The minimum Gasteiger partial charge on any atom is -0.395 e. The summed E-state index contributed by atoms with van der Waals surface area (Å²) in [6.45, 7) is 3.61. The second-order valence-corrected chi connectivity index (χ2v) is 9.84. The van der Waals surface area contributed by atoms with Gasteiger partial charge in [-0.15, -0.1) is 11.8 Å². The van der Waals surface area contributed by atoms with Gasteiger partial charge < -0.3 is 5.11 Å². The highest BCUT2D eigenvalue weighted by molar-refractivity contribution is 7.99. The Hall–Kier alpha value is -2.12. The van der Waals surface area contributed by atoms with Crippen molar-refractivity contribution in [1.29, 1.82) is 0 Å². The van der Waals surface area contributed by atoms with E-state index in [4.69, 9.17) is 0 Å². The van der Waals surface area contributed by atoms with Crippen LogP contribution in [0.4, 0.5) is 0 Å². The van der Waals surface area contributed by atoms with Crippen LogP contribution in [0.15, 0.2) is 88.7 Å². The molecule has 6 heteroatoms. The van der Waals surface area contributed by atoms with Gasteiger partial charge in [-0.3, -0.25) is 0 Å². The summed E-state index contributed by atoms with van der Waals surface area (Å²) in [6, 6.07) is 23.6. The number of nitrogens with one attached hydrogen (secondary N) is 1. The highest BCUT2D eigenvalue weighted by Gasteiger charge is 2.29. The number of aliphatic hydroxyl groups excluding tert-OH is 1. The van der Waals surface area contributed by atoms with Crippen LogP contribution < -0.4 is 4.72 Å². The van der Waals surface area contributed by atoms with Crippen LogP contribution in [0, 0.1) is 13.8 Å². The molecule has 0 spiro atoms. The van der Waals surface area contributed by atoms with Gasteiger partial charge in [0.2, 0.25) is 10.0 Å². The standard InChI is InChI=1S/C23H25NO3S2/c1-17-12-14-20(15-13-17)29(26,27)24-21(16-25)23(19-9-4-3-5-10-19)28-22-11-7-6-8-18(22)2/h3-15,21,23-25H,16H2,1-2H3/t21-,23+/m1/s1. The average molecular weight is 428 g/mol. The van der Waals surface area contributed by atoms with Crippen molar-refractivity contribution in [2.45, 2.75) is 34.9 Å². The van der Waals surface area contributed by atoms with E-state index in [1.54, 1.807) is 36.0 Å². The summed E-state index contributed by atoms with van der Waals surface area (Å²) < 4.78 is 28.6. The molecule has 2 N–H and O–H groups in total. The maximum atomic E-state index is 12.9. The number of aliphatic hydroxyl groups is 1. The van der Waals surface area contributed by atoms with Gasteiger partial charge in [0.1, 0.15) is 0 Å². The Kier molecular flexibility index (Phi) is 7.14. The monoisotopic (exact) mass is 427 g/mol. The van der Waals surface area contributed by atoms with Crippen molar-refractivity contribution in [3.8, 4) is 0 Å².